The second-order valence-electron chi connectivity index (χ2n) is 3.48. The summed E-state index contributed by atoms with van der Waals surface area (Å²) in [5, 5.41) is 10.1. The number of aromatic nitrogens is 2. The summed E-state index contributed by atoms with van der Waals surface area (Å²) in [7, 11) is 1.60. The number of hydrogen-bond donors (Lipinski definition) is 1. The molecule has 0 atom stereocenters. The van der Waals surface area contributed by atoms with E-state index in [0.717, 1.165) is 12.1 Å². The van der Waals surface area contributed by atoms with Crippen LogP contribution in [0.15, 0.2) is 27.6 Å². The van der Waals surface area contributed by atoms with Crippen LogP contribution in [-0.2, 0) is 0 Å². The molecule has 0 unspecified atom stereocenters. The lowest BCUT2D eigenvalue weighted by Gasteiger charge is -2.01. The van der Waals surface area contributed by atoms with Crippen molar-refractivity contribution in [2.45, 2.75) is 6.92 Å². The first-order chi connectivity index (χ1) is 8.60. The molecule has 1 aromatic carbocycles. The Labute approximate surface area is 102 Å². The molecule has 0 amide bonds. The summed E-state index contributed by atoms with van der Waals surface area (Å²) in [6.07, 6.45) is 0. The van der Waals surface area contributed by atoms with Crippen LogP contribution < -0.4 is 5.32 Å². The molecule has 0 spiro atoms. The molecule has 0 aliphatic heterocycles. The Balaban J connectivity index is 2.18. The second kappa shape index (κ2) is 4.91. The molecule has 0 fully saturated rings. The highest BCUT2D eigenvalue weighted by Crippen LogP contribution is 2.18. The average molecular weight is 252 g/mol. The fraction of sp³-hybridized carbons (Fsp3) is 0.182. The lowest BCUT2D eigenvalue weighted by Crippen LogP contribution is -1.93. The molecule has 1 heterocycles. The molecule has 1 N–H and O–H groups in total. The van der Waals surface area contributed by atoms with Gasteiger partial charge in [0.2, 0.25) is 0 Å². The third-order valence-electron chi connectivity index (χ3n) is 2.24. The van der Waals surface area contributed by atoms with Crippen LogP contribution in [0.3, 0.4) is 0 Å². The Kier molecular flexibility index (Phi) is 3.31. The summed E-state index contributed by atoms with van der Waals surface area (Å²) in [6.45, 7) is 1.72. The number of hydrogen-bond acceptors (Lipinski definition) is 5. The van der Waals surface area contributed by atoms with Crippen molar-refractivity contribution >= 4 is 17.4 Å². The molecule has 0 saturated heterocycles. The molecule has 5 nitrogen and oxygen atoms in total. The van der Waals surface area contributed by atoms with Gasteiger partial charge in [0.25, 0.3) is 5.89 Å². The van der Waals surface area contributed by atoms with E-state index in [1.807, 2.05) is 0 Å². The first-order valence-electron chi connectivity index (χ1n) is 5.09. The van der Waals surface area contributed by atoms with Gasteiger partial charge < -0.3 is 9.73 Å². The minimum atomic E-state index is -0.953. The quantitative estimate of drug-likeness (QED) is 0.852. The van der Waals surface area contributed by atoms with Gasteiger partial charge >= 0.3 is 6.01 Å². The highest BCUT2D eigenvalue weighted by atomic mass is 19.2. The molecule has 2 aromatic rings. The molecule has 0 bridgehead atoms. The fourth-order valence-electron chi connectivity index (χ4n) is 1.21. The van der Waals surface area contributed by atoms with E-state index >= 15 is 0 Å². The van der Waals surface area contributed by atoms with Crippen molar-refractivity contribution in [1.82, 2.24) is 10.2 Å². The Hall–Kier alpha value is -2.31. The predicted molar refractivity (Wildman–Crippen MR) is 62.1 cm³/mol. The summed E-state index contributed by atoms with van der Waals surface area (Å²) in [5.74, 6) is -1.60. The lowest BCUT2D eigenvalue weighted by atomic mass is 10.3. The zero-order valence-electron chi connectivity index (χ0n) is 9.74. The van der Waals surface area contributed by atoms with Crippen molar-refractivity contribution in [3.05, 3.63) is 35.7 Å². The third-order valence-corrected chi connectivity index (χ3v) is 2.24. The van der Waals surface area contributed by atoms with Crippen LogP contribution in [0.5, 0.6) is 0 Å². The van der Waals surface area contributed by atoms with Crippen LogP contribution in [0.2, 0.25) is 0 Å². The maximum absolute atomic E-state index is 13.0. The van der Waals surface area contributed by atoms with E-state index in [0.29, 0.717) is 11.4 Å². The molecule has 1 aromatic heterocycles. The van der Waals surface area contributed by atoms with Gasteiger partial charge in [0.1, 0.15) is 0 Å². The number of aliphatic imine (C=N–C) groups is 1. The van der Waals surface area contributed by atoms with Gasteiger partial charge in [-0.1, -0.05) is 5.10 Å². The van der Waals surface area contributed by atoms with Crippen molar-refractivity contribution in [1.29, 1.82) is 0 Å². The molecule has 0 radical (unpaired) electrons. The Morgan fingerprint density at radius 3 is 2.72 bits per heavy atom. The number of benzene rings is 1. The molecular weight excluding hydrogens is 242 g/mol. The maximum Gasteiger partial charge on any atom is 0.320 e. The zero-order valence-corrected chi connectivity index (χ0v) is 9.74. The van der Waals surface area contributed by atoms with Crippen molar-refractivity contribution in [3.63, 3.8) is 0 Å². The highest BCUT2D eigenvalue weighted by Gasteiger charge is 2.09. The van der Waals surface area contributed by atoms with Crippen molar-refractivity contribution < 1.29 is 13.2 Å². The number of nitrogens with one attached hydrogen (secondary N) is 1. The summed E-state index contributed by atoms with van der Waals surface area (Å²) in [5.41, 5.74) is 0.899. The topological polar surface area (TPSA) is 63.3 Å². The normalized spacial score (nSPS) is 11.7. The lowest BCUT2D eigenvalue weighted by molar-refractivity contribution is 0.509. The van der Waals surface area contributed by atoms with E-state index in [1.165, 1.54) is 6.07 Å². The van der Waals surface area contributed by atoms with E-state index in [2.05, 4.69) is 20.5 Å². The van der Waals surface area contributed by atoms with E-state index in [4.69, 9.17) is 4.42 Å². The summed E-state index contributed by atoms with van der Waals surface area (Å²) < 4.78 is 30.9. The van der Waals surface area contributed by atoms with Crippen molar-refractivity contribution in [2.24, 2.45) is 4.99 Å². The second-order valence-corrected chi connectivity index (χ2v) is 3.48. The summed E-state index contributed by atoms with van der Waals surface area (Å²) in [6, 6.07) is 3.45. The third kappa shape index (κ3) is 2.50. The Morgan fingerprint density at radius 1 is 1.28 bits per heavy atom. The Bertz CT molecular complexity index is 594. The number of halogens is 2. The van der Waals surface area contributed by atoms with E-state index in [1.54, 1.807) is 14.0 Å². The number of nitrogens with zero attached hydrogens (tertiary/aromatic N) is 3. The number of rotatable bonds is 3. The predicted octanol–water partition coefficient (Wildman–Crippen LogP) is 2.53. The van der Waals surface area contributed by atoms with Crippen LogP contribution in [0.25, 0.3) is 0 Å². The molecular formula is C11H10F2N4O. The van der Waals surface area contributed by atoms with Crippen molar-refractivity contribution in [3.8, 4) is 0 Å². The molecule has 2 rings (SSSR count). The SMILES string of the molecule is CN=C(C)c1nnc(Nc2ccc(F)c(F)c2)o1. The number of anilines is 2. The molecule has 18 heavy (non-hydrogen) atoms. The van der Waals surface area contributed by atoms with Crippen LogP contribution in [0.4, 0.5) is 20.5 Å². The van der Waals surface area contributed by atoms with Crippen molar-refractivity contribution in [2.75, 3.05) is 12.4 Å². The van der Waals surface area contributed by atoms with Gasteiger partial charge in [0.15, 0.2) is 11.6 Å². The van der Waals surface area contributed by atoms with E-state index in [-0.39, 0.29) is 11.9 Å². The highest BCUT2D eigenvalue weighted by molar-refractivity contribution is 5.94. The first kappa shape index (κ1) is 12.2. The van der Waals surface area contributed by atoms with Crippen LogP contribution in [0, 0.1) is 11.6 Å². The summed E-state index contributed by atoms with van der Waals surface area (Å²) in [4.78, 5) is 3.89. The maximum atomic E-state index is 13.0. The van der Waals surface area contributed by atoms with Gasteiger partial charge in [-0.15, -0.1) is 5.10 Å². The average Bonchev–Trinajstić information content (AvgIpc) is 2.81. The first-order valence-corrected chi connectivity index (χ1v) is 5.09. The molecule has 0 aliphatic carbocycles. The molecule has 94 valence electrons. The van der Waals surface area contributed by atoms with Gasteiger partial charge in [-0.25, -0.2) is 8.78 Å². The Morgan fingerprint density at radius 2 is 2.06 bits per heavy atom. The van der Waals surface area contributed by atoms with E-state index in [9.17, 15) is 8.78 Å². The van der Waals surface area contributed by atoms with Gasteiger partial charge in [0.05, 0.1) is 5.71 Å². The van der Waals surface area contributed by atoms with Gasteiger partial charge in [-0.2, -0.15) is 0 Å². The fourth-order valence-corrected chi connectivity index (χ4v) is 1.21. The molecule has 0 aliphatic rings. The van der Waals surface area contributed by atoms with Gasteiger partial charge in [-0.3, -0.25) is 4.99 Å². The van der Waals surface area contributed by atoms with Crippen LogP contribution in [0.1, 0.15) is 12.8 Å². The molecule has 7 heteroatoms. The van der Waals surface area contributed by atoms with Gasteiger partial charge in [0, 0.05) is 18.8 Å². The van der Waals surface area contributed by atoms with Crippen LogP contribution >= 0.6 is 0 Å². The minimum absolute atomic E-state index is 0.0824. The summed E-state index contributed by atoms with van der Waals surface area (Å²) >= 11 is 0. The minimum Gasteiger partial charge on any atom is -0.402 e. The van der Waals surface area contributed by atoms with Gasteiger partial charge in [-0.05, 0) is 19.1 Å². The largest absolute Gasteiger partial charge is 0.402 e. The monoisotopic (exact) mass is 252 g/mol. The standard InChI is InChI=1S/C11H10F2N4O/c1-6(14-2)10-16-17-11(18-10)15-7-3-4-8(12)9(13)5-7/h3-5H,1-2H3,(H,15,17). The molecule has 0 saturated carbocycles. The zero-order chi connectivity index (χ0) is 13.1. The van der Waals surface area contributed by atoms with Crippen LogP contribution in [-0.4, -0.2) is 23.0 Å². The van der Waals surface area contributed by atoms with E-state index < -0.39 is 11.6 Å². The smallest absolute Gasteiger partial charge is 0.320 e.